The molecule has 7 nitrogen and oxygen atoms in total. The van der Waals surface area contributed by atoms with Gasteiger partial charge in [-0.1, -0.05) is 0 Å². The molecule has 0 aromatic carbocycles. The van der Waals surface area contributed by atoms with Crippen LogP contribution in [0.25, 0.3) is 0 Å². The predicted molar refractivity (Wildman–Crippen MR) is 99.5 cm³/mol. The van der Waals surface area contributed by atoms with Gasteiger partial charge in [-0.05, 0) is 0 Å². The number of allylic oxidation sites excluding steroid dienone is 1. The first-order valence-corrected chi connectivity index (χ1v) is 11.5. The molecule has 2 amide bonds. The van der Waals surface area contributed by atoms with Crippen molar-refractivity contribution in [1.82, 2.24) is 3.11 Å². The average molecular weight is 489 g/mol. The van der Waals surface area contributed by atoms with Crippen LogP contribution in [0.2, 0.25) is 0 Å². The van der Waals surface area contributed by atoms with Crippen LogP contribution in [0.1, 0.15) is 53.4 Å². The Morgan fingerprint density at radius 2 is 2.00 bits per heavy atom. The van der Waals surface area contributed by atoms with E-state index in [4.69, 9.17) is 16.2 Å². The molecule has 1 atom stereocenters. The molecule has 8 heteroatoms. The standard InChI is InChI=1S/C19H30IN4O3/c1-11-14(16(22)25)15(21)13(5-7-23-11)12-9-19(10-12)6-8-24(20-19)17(26)27-18(2,3)4/h12-13H,5-10,21H2,1-4H3,(H2,22,25)/q-1/t12?,13-,19?/m1/s1. The van der Waals surface area contributed by atoms with E-state index in [9.17, 15) is 9.59 Å². The van der Waals surface area contributed by atoms with E-state index in [1.54, 1.807) is 6.92 Å². The Bertz CT molecular complexity index is 704. The Hall–Kier alpha value is -1.32. The zero-order valence-corrected chi connectivity index (χ0v) is 18.7. The number of amides is 2. The maximum absolute atomic E-state index is 12.4. The number of hydrogen-bond acceptors (Lipinski definition) is 5. The quantitative estimate of drug-likeness (QED) is 0.293. The summed E-state index contributed by atoms with van der Waals surface area (Å²) >= 11 is -0.404. The number of primary amides is 1. The summed E-state index contributed by atoms with van der Waals surface area (Å²) in [6, 6.07) is 0. The van der Waals surface area contributed by atoms with E-state index in [1.807, 2.05) is 23.9 Å². The van der Waals surface area contributed by atoms with Crippen molar-refractivity contribution in [3.05, 3.63) is 11.3 Å². The number of alkyl halides is 1. The molecule has 27 heavy (non-hydrogen) atoms. The number of carbonyl (C=O) groups is 2. The number of aliphatic imine (C=N–C) groups is 1. The second-order valence-corrected chi connectivity index (χ2v) is 12.7. The van der Waals surface area contributed by atoms with Crippen LogP contribution in [0.5, 0.6) is 0 Å². The summed E-state index contributed by atoms with van der Waals surface area (Å²) in [5, 5.41) is 0. The molecule has 0 bridgehead atoms. The molecule has 0 aromatic rings. The first kappa shape index (κ1) is 20.4. The van der Waals surface area contributed by atoms with Gasteiger partial charge < -0.3 is 0 Å². The monoisotopic (exact) mass is 489 g/mol. The zero-order valence-electron chi connectivity index (χ0n) is 16.5. The maximum atomic E-state index is 12.4. The van der Waals surface area contributed by atoms with Gasteiger partial charge in [0.05, 0.1) is 0 Å². The van der Waals surface area contributed by atoms with Gasteiger partial charge in [0.2, 0.25) is 0 Å². The summed E-state index contributed by atoms with van der Waals surface area (Å²) in [5.74, 6) is 0.108. The van der Waals surface area contributed by atoms with Gasteiger partial charge in [0, 0.05) is 0 Å². The molecule has 0 aromatic heterocycles. The number of carbonyl (C=O) groups excluding carboxylic acids is 2. The third-order valence-electron chi connectivity index (χ3n) is 5.54. The van der Waals surface area contributed by atoms with E-state index in [2.05, 4.69) is 4.99 Å². The molecule has 152 valence electrons. The van der Waals surface area contributed by atoms with Gasteiger partial charge in [0.1, 0.15) is 0 Å². The molecule has 1 aliphatic carbocycles. The summed E-state index contributed by atoms with van der Waals surface area (Å²) in [5.41, 5.74) is 13.1. The van der Waals surface area contributed by atoms with Gasteiger partial charge in [-0.2, -0.15) is 0 Å². The van der Waals surface area contributed by atoms with Crippen LogP contribution in [0.15, 0.2) is 16.3 Å². The second kappa shape index (κ2) is 7.25. The van der Waals surface area contributed by atoms with E-state index in [-0.39, 0.29) is 15.4 Å². The van der Waals surface area contributed by atoms with Crippen LogP contribution in [-0.2, 0) is 9.53 Å². The molecule has 0 radical (unpaired) electrons. The molecule has 2 heterocycles. The predicted octanol–water partition coefficient (Wildman–Crippen LogP) is -1.04. The summed E-state index contributed by atoms with van der Waals surface area (Å²) in [6.07, 6.45) is 3.86. The molecule has 4 N–H and O–H groups in total. The first-order chi connectivity index (χ1) is 12.5. The van der Waals surface area contributed by atoms with Crippen molar-refractivity contribution in [3.8, 4) is 0 Å². The summed E-state index contributed by atoms with van der Waals surface area (Å²) < 4.78 is 7.75. The fourth-order valence-corrected chi connectivity index (χ4v) is 8.31. The molecular weight excluding hydrogens is 459 g/mol. The Kier molecular flexibility index (Phi) is 5.48. The van der Waals surface area contributed by atoms with Gasteiger partial charge in [-0.15, -0.1) is 0 Å². The molecule has 3 aliphatic rings. The zero-order chi connectivity index (χ0) is 20.0. The summed E-state index contributed by atoms with van der Waals surface area (Å²) in [7, 11) is 0. The number of ether oxygens (including phenoxy) is 1. The van der Waals surface area contributed by atoms with Crippen LogP contribution in [-0.4, -0.2) is 42.9 Å². The van der Waals surface area contributed by atoms with E-state index < -0.39 is 33.0 Å². The first-order valence-electron chi connectivity index (χ1n) is 9.49. The van der Waals surface area contributed by atoms with Gasteiger partial charge in [-0.25, -0.2) is 0 Å². The Labute approximate surface area is 171 Å². The average Bonchev–Trinajstić information content (AvgIpc) is 2.88. The summed E-state index contributed by atoms with van der Waals surface area (Å²) in [6.45, 7) is 8.97. The van der Waals surface area contributed by atoms with Crippen molar-refractivity contribution < 1.29 is 35.8 Å². The molecule has 2 fully saturated rings. The Morgan fingerprint density at radius 3 is 2.59 bits per heavy atom. The fourth-order valence-electron chi connectivity index (χ4n) is 4.28. The Balaban J connectivity index is 1.64. The number of nitrogens with two attached hydrogens (primary N) is 2. The number of rotatable bonds is 2. The number of halogens is 1. The minimum atomic E-state index is -0.487. The fraction of sp³-hybridized carbons (Fsp3) is 0.737. The second-order valence-electron chi connectivity index (χ2n) is 8.78. The third kappa shape index (κ3) is 4.25. The Morgan fingerprint density at radius 1 is 1.33 bits per heavy atom. The van der Waals surface area contributed by atoms with Crippen LogP contribution >= 0.6 is 0 Å². The number of nitrogens with zero attached hydrogens (tertiary/aromatic N) is 2. The van der Waals surface area contributed by atoms with Crippen LogP contribution in [0.4, 0.5) is 4.79 Å². The summed E-state index contributed by atoms with van der Waals surface area (Å²) in [4.78, 5) is 28.6. The molecule has 1 saturated heterocycles. The molecule has 1 spiro atoms. The molecule has 1 saturated carbocycles. The van der Waals surface area contributed by atoms with E-state index >= 15 is 0 Å². The van der Waals surface area contributed by atoms with Crippen LogP contribution < -0.4 is 32.9 Å². The SMILES string of the molecule is CC1=NCC[C@H](C2CC3(CCN(C(=O)OC(C)(C)C)[I-]3)C2)C(N)=C1C(N)=O. The van der Waals surface area contributed by atoms with Gasteiger partial charge in [0.25, 0.3) is 0 Å². The van der Waals surface area contributed by atoms with E-state index in [0.717, 1.165) is 32.2 Å². The third-order valence-corrected chi connectivity index (χ3v) is 9.44. The van der Waals surface area contributed by atoms with Gasteiger partial charge in [0.15, 0.2) is 0 Å². The molecular formula is C19H30IN4O3-. The van der Waals surface area contributed by atoms with Crippen molar-refractivity contribution in [2.24, 2.45) is 28.3 Å². The number of hydrogen-bond donors (Lipinski definition) is 2. The van der Waals surface area contributed by atoms with E-state index in [0.29, 0.717) is 29.4 Å². The van der Waals surface area contributed by atoms with Gasteiger partial charge >= 0.3 is 172 Å². The van der Waals surface area contributed by atoms with Gasteiger partial charge in [-0.3, -0.25) is 0 Å². The van der Waals surface area contributed by atoms with Crippen molar-refractivity contribution >= 4 is 17.7 Å². The minimum absolute atomic E-state index is 0.152. The van der Waals surface area contributed by atoms with E-state index in [1.165, 1.54) is 0 Å². The normalized spacial score (nSPS) is 31.7. The van der Waals surface area contributed by atoms with Crippen LogP contribution in [0, 0.1) is 11.8 Å². The topological polar surface area (TPSA) is 111 Å². The van der Waals surface area contributed by atoms with Crippen molar-refractivity contribution in [1.29, 1.82) is 0 Å². The molecule has 3 rings (SSSR count). The van der Waals surface area contributed by atoms with Crippen molar-refractivity contribution in [2.45, 2.75) is 62.4 Å². The van der Waals surface area contributed by atoms with Crippen molar-refractivity contribution in [2.75, 3.05) is 13.1 Å². The van der Waals surface area contributed by atoms with Crippen LogP contribution in [0.3, 0.4) is 0 Å². The molecule has 2 aliphatic heterocycles. The van der Waals surface area contributed by atoms with Crippen molar-refractivity contribution in [3.63, 3.8) is 0 Å². The molecule has 0 unspecified atom stereocenters.